The van der Waals surface area contributed by atoms with Gasteiger partial charge in [-0.25, -0.2) is 4.68 Å². The highest BCUT2D eigenvalue weighted by atomic mass is 32.2. The number of hydrogen-bond donors (Lipinski definition) is 2. The Morgan fingerprint density at radius 3 is 2.94 bits per heavy atom. The summed E-state index contributed by atoms with van der Waals surface area (Å²) in [5, 5.41) is 15.4. The summed E-state index contributed by atoms with van der Waals surface area (Å²) in [5.74, 6) is 0.184. The molecule has 0 radical (unpaired) electrons. The number of tetrazole rings is 1. The first kappa shape index (κ1) is 13.3. The van der Waals surface area contributed by atoms with Crippen LogP contribution < -0.4 is 11.1 Å². The molecule has 0 saturated heterocycles. The normalized spacial score (nSPS) is 18.1. The van der Waals surface area contributed by atoms with Crippen LogP contribution in [-0.2, 0) is 4.79 Å². The zero-order valence-electron chi connectivity index (χ0n) is 10.4. The maximum Gasteiger partial charge on any atom is 0.235 e. The Balaban J connectivity index is 1.97. The standard InChI is InChI=1S/C10H18N6OS/c1-12-8(9(11)17)6-18-10-13-14-15-16(10)7-4-2-3-5-7/h7-8,12H,2-6H2,1H3,(H2,11,17). The van der Waals surface area contributed by atoms with E-state index in [9.17, 15) is 4.79 Å². The van der Waals surface area contributed by atoms with Crippen molar-refractivity contribution in [3.63, 3.8) is 0 Å². The molecular formula is C10H18N6OS. The maximum atomic E-state index is 11.1. The molecule has 1 aromatic heterocycles. The molecule has 1 heterocycles. The number of nitrogens with one attached hydrogen (secondary N) is 1. The molecule has 1 unspecified atom stereocenters. The minimum Gasteiger partial charge on any atom is -0.368 e. The molecule has 100 valence electrons. The SMILES string of the molecule is CNC(CSc1nnnn1C1CCCC1)C(N)=O. The quantitative estimate of drug-likeness (QED) is 0.703. The summed E-state index contributed by atoms with van der Waals surface area (Å²) in [7, 11) is 1.72. The Hall–Kier alpha value is -1.15. The van der Waals surface area contributed by atoms with E-state index in [1.807, 2.05) is 4.68 Å². The lowest BCUT2D eigenvalue weighted by Gasteiger charge is -2.13. The Kier molecular flexibility index (Phi) is 4.54. The maximum absolute atomic E-state index is 11.1. The number of carbonyl (C=O) groups excluding carboxylic acids is 1. The van der Waals surface area contributed by atoms with Crippen molar-refractivity contribution in [2.24, 2.45) is 5.73 Å². The van der Waals surface area contributed by atoms with Gasteiger partial charge in [-0.3, -0.25) is 4.79 Å². The van der Waals surface area contributed by atoms with Crippen molar-refractivity contribution in [2.45, 2.75) is 42.9 Å². The monoisotopic (exact) mass is 270 g/mol. The second kappa shape index (κ2) is 6.14. The van der Waals surface area contributed by atoms with Crippen LogP contribution in [0.2, 0.25) is 0 Å². The zero-order valence-corrected chi connectivity index (χ0v) is 11.2. The van der Waals surface area contributed by atoms with Crippen molar-refractivity contribution in [1.29, 1.82) is 0 Å². The van der Waals surface area contributed by atoms with Crippen LogP contribution in [-0.4, -0.2) is 45.0 Å². The van der Waals surface area contributed by atoms with Crippen LogP contribution in [0.5, 0.6) is 0 Å². The summed E-state index contributed by atoms with van der Waals surface area (Å²) in [4.78, 5) is 11.1. The van der Waals surface area contributed by atoms with E-state index in [0.29, 0.717) is 11.8 Å². The Morgan fingerprint density at radius 1 is 1.61 bits per heavy atom. The molecule has 0 aromatic carbocycles. The third-order valence-corrected chi connectivity index (χ3v) is 4.23. The van der Waals surface area contributed by atoms with E-state index >= 15 is 0 Å². The number of nitrogens with two attached hydrogens (primary N) is 1. The Labute approximate surface area is 110 Å². The van der Waals surface area contributed by atoms with Crippen LogP contribution in [0.15, 0.2) is 5.16 Å². The fraction of sp³-hybridized carbons (Fsp3) is 0.800. The summed E-state index contributed by atoms with van der Waals surface area (Å²) in [6.45, 7) is 0. The molecule has 1 aromatic rings. The van der Waals surface area contributed by atoms with Gasteiger partial charge in [-0.05, 0) is 30.3 Å². The van der Waals surface area contributed by atoms with Gasteiger partial charge < -0.3 is 11.1 Å². The molecule has 0 bridgehead atoms. The van der Waals surface area contributed by atoms with Gasteiger partial charge >= 0.3 is 0 Å². The highest BCUT2D eigenvalue weighted by molar-refractivity contribution is 7.99. The molecule has 0 aliphatic heterocycles. The first-order valence-corrected chi connectivity index (χ1v) is 7.08. The van der Waals surface area contributed by atoms with Gasteiger partial charge in [0.2, 0.25) is 11.1 Å². The van der Waals surface area contributed by atoms with E-state index < -0.39 is 0 Å². The number of primary amides is 1. The van der Waals surface area contributed by atoms with Gasteiger partial charge in [-0.2, -0.15) is 0 Å². The number of thioether (sulfide) groups is 1. The summed E-state index contributed by atoms with van der Waals surface area (Å²) < 4.78 is 1.88. The molecule has 1 aliphatic carbocycles. The lowest BCUT2D eigenvalue weighted by molar-refractivity contribution is -0.119. The number of carbonyl (C=O) groups is 1. The molecule has 3 N–H and O–H groups in total. The Morgan fingerprint density at radius 2 is 2.33 bits per heavy atom. The average Bonchev–Trinajstić information content (AvgIpc) is 2.99. The molecule has 1 fully saturated rings. The molecule has 8 heteroatoms. The number of nitrogens with zero attached hydrogens (tertiary/aromatic N) is 4. The van der Waals surface area contributed by atoms with E-state index in [2.05, 4.69) is 20.8 Å². The minimum atomic E-state index is -0.358. The molecule has 2 rings (SSSR count). The van der Waals surface area contributed by atoms with E-state index in [1.54, 1.807) is 7.05 Å². The largest absolute Gasteiger partial charge is 0.368 e. The number of amides is 1. The van der Waals surface area contributed by atoms with Crippen molar-refractivity contribution in [3.05, 3.63) is 0 Å². The predicted octanol–water partition coefficient (Wildman–Crippen LogP) is -0.0464. The van der Waals surface area contributed by atoms with E-state index in [1.165, 1.54) is 24.6 Å². The number of hydrogen-bond acceptors (Lipinski definition) is 6. The van der Waals surface area contributed by atoms with Crippen molar-refractivity contribution in [3.8, 4) is 0 Å². The summed E-state index contributed by atoms with van der Waals surface area (Å²) >= 11 is 1.47. The lowest BCUT2D eigenvalue weighted by atomic mass is 10.3. The third kappa shape index (κ3) is 2.99. The van der Waals surface area contributed by atoms with Crippen LogP contribution >= 0.6 is 11.8 Å². The number of aromatic nitrogens is 4. The van der Waals surface area contributed by atoms with Crippen molar-refractivity contribution < 1.29 is 4.79 Å². The molecule has 1 saturated carbocycles. The van der Waals surface area contributed by atoms with Gasteiger partial charge in [0.1, 0.15) is 0 Å². The highest BCUT2D eigenvalue weighted by Gasteiger charge is 2.22. The second-order valence-electron chi connectivity index (χ2n) is 4.40. The summed E-state index contributed by atoms with van der Waals surface area (Å²) in [5.41, 5.74) is 5.27. The van der Waals surface area contributed by atoms with Crippen LogP contribution in [0.1, 0.15) is 31.7 Å². The third-order valence-electron chi connectivity index (χ3n) is 3.20. The molecular weight excluding hydrogens is 252 g/mol. The molecule has 18 heavy (non-hydrogen) atoms. The second-order valence-corrected chi connectivity index (χ2v) is 5.39. The summed E-state index contributed by atoms with van der Waals surface area (Å²) in [6.07, 6.45) is 4.72. The fourth-order valence-electron chi connectivity index (χ4n) is 2.12. The smallest absolute Gasteiger partial charge is 0.235 e. The molecule has 1 aliphatic rings. The van der Waals surface area contributed by atoms with E-state index in [0.717, 1.165) is 18.0 Å². The van der Waals surface area contributed by atoms with Crippen LogP contribution in [0.3, 0.4) is 0 Å². The highest BCUT2D eigenvalue weighted by Crippen LogP contribution is 2.31. The van der Waals surface area contributed by atoms with Crippen molar-refractivity contribution in [2.75, 3.05) is 12.8 Å². The molecule has 1 amide bonds. The minimum absolute atomic E-state index is 0.357. The van der Waals surface area contributed by atoms with Crippen molar-refractivity contribution in [1.82, 2.24) is 25.5 Å². The van der Waals surface area contributed by atoms with Gasteiger partial charge in [0, 0.05) is 5.75 Å². The molecule has 7 nitrogen and oxygen atoms in total. The van der Waals surface area contributed by atoms with Gasteiger partial charge in [0.15, 0.2) is 0 Å². The van der Waals surface area contributed by atoms with Gasteiger partial charge in [0.05, 0.1) is 12.1 Å². The zero-order chi connectivity index (χ0) is 13.0. The molecule has 1 atom stereocenters. The Bertz CT molecular complexity index is 403. The van der Waals surface area contributed by atoms with Gasteiger partial charge in [0.25, 0.3) is 0 Å². The average molecular weight is 270 g/mol. The van der Waals surface area contributed by atoms with Gasteiger partial charge in [-0.15, -0.1) is 5.10 Å². The fourth-order valence-corrected chi connectivity index (χ4v) is 3.18. The molecule has 0 spiro atoms. The summed E-state index contributed by atoms with van der Waals surface area (Å²) in [6, 6.07) is 0.0489. The van der Waals surface area contributed by atoms with E-state index in [4.69, 9.17) is 5.73 Å². The van der Waals surface area contributed by atoms with Gasteiger partial charge in [-0.1, -0.05) is 24.6 Å². The number of rotatable bonds is 6. The lowest BCUT2D eigenvalue weighted by Crippen LogP contribution is -2.41. The first-order valence-electron chi connectivity index (χ1n) is 6.09. The first-order chi connectivity index (χ1) is 8.72. The van der Waals surface area contributed by atoms with Crippen LogP contribution in [0.4, 0.5) is 0 Å². The predicted molar refractivity (Wildman–Crippen MR) is 68.1 cm³/mol. The van der Waals surface area contributed by atoms with Crippen LogP contribution in [0, 0.1) is 0 Å². The number of likely N-dealkylation sites (N-methyl/N-ethyl adjacent to an activating group) is 1. The van der Waals surface area contributed by atoms with Crippen molar-refractivity contribution >= 4 is 17.7 Å². The topological polar surface area (TPSA) is 98.7 Å². The van der Waals surface area contributed by atoms with Crippen LogP contribution in [0.25, 0.3) is 0 Å². The van der Waals surface area contributed by atoms with E-state index in [-0.39, 0.29) is 11.9 Å².